The van der Waals surface area contributed by atoms with Gasteiger partial charge in [0.2, 0.25) is 0 Å². The Morgan fingerprint density at radius 2 is 1.90 bits per heavy atom. The molecule has 1 amide bonds. The van der Waals surface area contributed by atoms with Crippen LogP contribution in [-0.4, -0.2) is 19.1 Å². The number of halogens is 1. The van der Waals surface area contributed by atoms with E-state index in [1.807, 2.05) is 24.3 Å². The topological polar surface area (TPSA) is 47.6 Å². The summed E-state index contributed by atoms with van der Waals surface area (Å²) >= 11 is 3.41. The Hall–Kier alpha value is -2.01. The zero-order valence-corrected chi connectivity index (χ0v) is 12.9. The minimum atomic E-state index is -0.132. The maximum absolute atomic E-state index is 12.2. The fourth-order valence-corrected chi connectivity index (χ4v) is 2.56. The van der Waals surface area contributed by atoms with Crippen molar-refractivity contribution in [2.24, 2.45) is 0 Å². The van der Waals surface area contributed by atoms with Gasteiger partial charge in [-0.05, 0) is 35.9 Å². The number of rotatable bonds is 3. The number of amides is 1. The van der Waals surface area contributed by atoms with Gasteiger partial charge in [0, 0.05) is 16.6 Å². The lowest BCUT2D eigenvalue weighted by Gasteiger charge is -2.18. The van der Waals surface area contributed by atoms with Crippen molar-refractivity contribution in [1.82, 2.24) is 5.32 Å². The highest BCUT2D eigenvalue weighted by atomic mass is 79.9. The van der Waals surface area contributed by atoms with Crippen molar-refractivity contribution in [3.05, 3.63) is 58.1 Å². The molecule has 4 nitrogen and oxygen atoms in total. The van der Waals surface area contributed by atoms with Crippen LogP contribution in [0.1, 0.15) is 15.9 Å². The maximum atomic E-state index is 12.2. The normalized spacial score (nSPS) is 12.8. The summed E-state index contributed by atoms with van der Waals surface area (Å²) in [7, 11) is 0. The second-order valence-corrected chi connectivity index (χ2v) is 5.59. The lowest BCUT2D eigenvalue weighted by atomic mass is 10.1. The van der Waals surface area contributed by atoms with Crippen molar-refractivity contribution in [2.45, 2.75) is 6.54 Å². The van der Waals surface area contributed by atoms with Gasteiger partial charge in [0.25, 0.3) is 5.91 Å². The number of fused-ring (bicyclic) bond motifs is 1. The van der Waals surface area contributed by atoms with E-state index in [1.54, 1.807) is 18.2 Å². The van der Waals surface area contributed by atoms with Crippen molar-refractivity contribution >= 4 is 21.8 Å². The van der Waals surface area contributed by atoms with E-state index in [1.165, 1.54) is 0 Å². The summed E-state index contributed by atoms with van der Waals surface area (Å²) in [5.41, 5.74) is 1.60. The predicted octanol–water partition coefficient (Wildman–Crippen LogP) is 3.15. The number of benzene rings is 2. The zero-order valence-electron chi connectivity index (χ0n) is 11.3. The third-order valence-corrected chi connectivity index (χ3v) is 3.64. The van der Waals surface area contributed by atoms with Crippen LogP contribution in [0.2, 0.25) is 0 Å². The third-order valence-electron chi connectivity index (χ3n) is 3.15. The van der Waals surface area contributed by atoms with E-state index in [-0.39, 0.29) is 5.91 Å². The molecule has 0 fully saturated rings. The second-order valence-electron chi connectivity index (χ2n) is 4.67. The van der Waals surface area contributed by atoms with Crippen LogP contribution in [0.25, 0.3) is 0 Å². The van der Waals surface area contributed by atoms with Crippen molar-refractivity contribution < 1.29 is 14.3 Å². The van der Waals surface area contributed by atoms with Gasteiger partial charge in [-0.25, -0.2) is 0 Å². The Morgan fingerprint density at radius 1 is 1.10 bits per heavy atom. The molecule has 0 atom stereocenters. The highest BCUT2D eigenvalue weighted by molar-refractivity contribution is 9.10. The van der Waals surface area contributed by atoms with Crippen LogP contribution in [0.15, 0.2) is 46.9 Å². The van der Waals surface area contributed by atoms with Crippen LogP contribution in [0.3, 0.4) is 0 Å². The summed E-state index contributed by atoms with van der Waals surface area (Å²) in [6.45, 7) is 1.53. The first-order chi connectivity index (χ1) is 10.2. The van der Waals surface area contributed by atoms with Crippen LogP contribution in [-0.2, 0) is 6.54 Å². The quantitative estimate of drug-likeness (QED) is 0.927. The molecule has 0 radical (unpaired) electrons. The molecule has 0 saturated heterocycles. The monoisotopic (exact) mass is 347 g/mol. The predicted molar refractivity (Wildman–Crippen MR) is 82.7 cm³/mol. The first-order valence-electron chi connectivity index (χ1n) is 6.65. The molecule has 3 rings (SSSR count). The van der Waals surface area contributed by atoms with E-state index in [9.17, 15) is 4.79 Å². The Bertz CT molecular complexity index is 672. The van der Waals surface area contributed by atoms with Crippen molar-refractivity contribution in [1.29, 1.82) is 0 Å². The molecule has 0 spiro atoms. The maximum Gasteiger partial charge on any atom is 0.251 e. The average molecular weight is 348 g/mol. The van der Waals surface area contributed by atoms with Gasteiger partial charge >= 0.3 is 0 Å². The van der Waals surface area contributed by atoms with E-state index in [2.05, 4.69) is 21.2 Å². The molecule has 0 aromatic heterocycles. The van der Waals surface area contributed by atoms with Gasteiger partial charge < -0.3 is 14.8 Å². The molecular weight excluding hydrogens is 334 g/mol. The van der Waals surface area contributed by atoms with E-state index in [0.717, 1.165) is 10.0 Å². The summed E-state index contributed by atoms with van der Waals surface area (Å²) in [6.07, 6.45) is 0. The molecule has 0 saturated carbocycles. The molecule has 0 aliphatic carbocycles. The Balaban J connectivity index is 1.68. The van der Waals surface area contributed by atoms with Crippen LogP contribution in [0, 0.1) is 0 Å². The number of ether oxygens (including phenoxy) is 2. The molecular formula is C16H14BrNO3. The number of hydrogen-bond acceptors (Lipinski definition) is 3. The van der Waals surface area contributed by atoms with Crippen LogP contribution >= 0.6 is 15.9 Å². The van der Waals surface area contributed by atoms with E-state index in [4.69, 9.17) is 9.47 Å². The van der Waals surface area contributed by atoms with E-state index >= 15 is 0 Å². The van der Waals surface area contributed by atoms with Gasteiger partial charge in [-0.15, -0.1) is 0 Å². The van der Waals surface area contributed by atoms with Gasteiger partial charge in [0.1, 0.15) is 13.2 Å². The molecule has 2 aromatic rings. The Morgan fingerprint density at radius 3 is 2.71 bits per heavy atom. The van der Waals surface area contributed by atoms with E-state index in [0.29, 0.717) is 36.8 Å². The summed E-state index contributed by atoms with van der Waals surface area (Å²) in [5, 5.41) is 2.89. The summed E-state index contributed by atoms with van der Waals surface area (Å²) in [4.78, 5) is 12.2. The largest absolute Gasteiger partial charge is 0.486 e. The van der Waals surface area contributed by atoms with Gasteiger partial charge in [-0.3, -0.25) is 4.79 Å². The fourth-order valence-electron chi connectivity index (χ4n) is 2.12. The van der Waals surface area contributed by atoms with Crippen LogP contribution in [0.5, 0.6) is 11.5 Å². The van der Waals surface area contributed by atoms with Crippen molar-refractivity contribution in [3.8, 4) is 11.5 Å². The van der Waals surface area contributed by atoms with Gasteiger partial charge in [-0.1, -0.05) is 28.1 Å². The molecule has 1 aliphatic heterocycles. The summed E-state index contributed by atoms with van der Waals surface area (Å²) in [5.74, 6) is 1.17. The summed E-state index contributed by atoms with van der Waals surface area (Å²) in [6, 6.07) is 13.1. The molecule has 2 aromatic carbocycles. The average Bonchev–Trinajstić information content (AvgIpc) is 2.52. The molecule has 21 heavy (non-hydrogen) atoms. The minimum absolute atomic E-state index is 0.132. The second kappa shape index (κ2) is 6.18. The number of carbonyl (C=O) groups is 1. The molecule has 108 valence electrons. The first kappa shape index (κ1) is 13.9. The Labute approximate surface area is 131 Å². The van der Waals surface area contributed by atoms with Gasteiger partial charge in [-0.2, -0.15) is 0 Å². The fraction of sp³-hybridized carbons (Fsp3) is 0.188. The molecule has 1 N–H and O–H groups in total. The van der Waals surface area contributed by atoms with Gasteiger partial charge in [0.15, 0.2) is 11.5 Å². The standard InChI is InChI=1S/C16H14BrNO3/c17-13-3-1-2-11(8-13)10-18-16(19)12-4-5-14-15(9-12)21-7-6-20-14/h1-5,8-9H,6-7,10H2,(H,18,19). The molecule has 1 aliphatic rings. The summed E-state index contributed by atoms with van der Waals surface area (Å²) < 4.78 is 11.9. The van der Waals surface area contributed by atoms with Crippen LogP contribution < -0.4 is 14.8 Å². The third kappa shape index (κ3) is 3.36. The number of nitrogens with one attached hydrogen (secondary N) is 1. The van der Waals surface area contributed by atoms with Gasteiger partial charge in [0.05, 0.1) is 0 Å². The number of carbonyl (C=O) groups excluding carboxylic acids is 1. The Kier molecular flexibility index (Phi) is 4.10. The first-order valence-corrected chi connectivity index (χ1v) is 7.44. The van der Waals surface area contributed by atoms with Crippen LogP contribution in [0.4, 0.5) is 0 Å². The molecule has 1 heterocycles. The van der Waals surface area contributed by atoms with Crippen molar-refractivity contribution in [2.75, 3.05) is 13.2 Å². The SMILES string of the molecule is O=C(NCc1cccc(Br)c1)c1ccc2c(c1)OCCO2. The smallest absolute Gasteiger partial charge is 0.251 e. The lowest BCUT2D eigenvalue weighted by molar-refractivity contribution is 0.0949. The minimum Gasteiger partial charge on any atom is -0.486 e. The molecule has 0 bridgehead atoms. The highest BCUT2D eigenvalue weighted by Gasteiger charge is 2.14. The zero-order chi connectivity index (χ0) is 14.7. The highest BCUT2D eigenvalue weighted by Crippen LogP contribution is 2.30. The lowest BCUT2D eigenvalue weighted by Crippen LogP contribution is -2.23. The van der Waals surface area contributed by atoms with Crippen molar-refractivity contribution in [3.63, 3.8) is 0 Å². The van der Waals surface area contributed by atoms with E-state index < -0.39 is 0 Å². The number of hydrogen-bond donors (Lipinski definition) is 1. The molecule has 5 heteroatoms. The molecule has 0 unspecified atom stereocenters.